The van der Waals surface area contributed by atoms with Crippen molar-refractivity contribution in [2.45, 2.75) is 19.4 Å². The maximum Gasteiger partial charge on any atom is 0.260 e. The second kappa shape index (κ2) is 7.33. The summed E-state index contributed by atoms with van der Waals surface area (Å²) in [6, 6.07) is 18.7. The van der Waals surface area contributed by atoms with Gasteiger partial charge in [-0.2, -0.15) is 5.26 Å². The van der Waals surface area contributed by atoms with E-state index in [4.69, 9.17) is 5.26 Å². The molecule has 0 N–H and O–H groups in total. The van der Waals surface area contributed by atoms with Gasteiger partial charge >= 0.3 is 0 Å². The zero-order valence-corrected chi connectivity index (χ0v) is 14.2. The lowest BCUT2D eigenvalue weighted by atomic mass is 10.1. The molecule has 5 heteroatoms. The van der Waals surface area contributed by atoms with Gasteiger partial charge in [-0.25, -0.2) is 4.99 Å². The van der Waals surface area contributed by atoms with E-state index < -0.39 is 0 Å². The Morgan fingerprint density at radius 1 is 1.29 bits per heavy atom. The van der Waals surface area contributed by atoms with Crippen LogP contribution in [0.1, 0.15) is 29.3 Å². The average Bonchev–Trinajstić information content (AvgIpc) is 3.04. The third-order valence-electron chi connectivity index (χ3n) is 3.89. The molecule has 1 aliphatic rings. The van der Waals surface area contributed by atoms with Crippen molar-refractivity contribution in [3.63, 3.8) is 0 Å². The van der Waals surface area contributed by atoms with Crippen LogP contribution >= 0.6 is 11.8 Å². The summed E-state index contributed by atoms with van der Waals surface area (Å²) in [7, 11) is 0. The molecule has 0 bridgehead atoms. The van der Waals surface area contributed by atoms with Gasteiger partial charge in [0.2, 0.25) is 0 Å². The molecule has 0 spiro atoms. The summed E-state index contributed by atoms with van der Waals surface area (Å²) in [6.45, 7) is 2.07. The van der Waals surface area contributed by atoms with Crippen molar-refractivity contribution in [1.29, 1.82) is 5.26 Å². The molecule has 1 saturated heterocycles. The fraction of sp³-hybridized carbons (Fsp3) is 0.211. The van der Waals surface area contributed by atoms with Crippen LogP contribution < -0.4 is 0 Å². The first-order valence-corrected chi connectivity index (χ1v) is 8.81. The normalized spacial score (nSPS) is 18.6. The predicted molar refractivity (Wildman–Crippen MR) is 97.4 cm³/mol. The van der Waals surface area contributed by atoms with Crippen LogP contribution in [0.25, 0.3) is 0 Å². The third kappa shape index (κ3) is 3.34. The van der Waals surface area contributed by atoms with E-state index in [-0.39, 0.29) is 11.9 Å². The number of rotatable bonds is 3. The van der Waals surface area contributed by atoms with Gasteiger partial charge in [0.15, 0.2) is 5.17 Å². The van der Waals surface area contributed by atoms with Crippen molar-refractivity contribution in [2.75, 3.05) is 5.75 Å². The predicted octanol–water partition coefficient (Wildman–Crippen LogP) is 4.21. The second-order valence-corrected chi connectivity index (χ2v) is 6.46. The highest BCUT2D eigenvalue weighted by Gasteiger charge is 2.34. The van der Waals surface area contributed by atoms with Gasteiger partial charge in [0, 0.05) is 17.4 Å². The number of carbonyl (C=O) groups excluding carboxylic acids is 1. The largest absolute Gasteiger partial charge is 0.283 e. The highest BCUT2D eigenvalue weighted by Crippen LogP contribution is 2.30. The number of thioether (sulfide) groups is 1. The Morgan fingerprint density at radius 2 is 2.08 bits per heavy atom. The Morgan fingerprint density at radius 3 is 2.79 bits per heavy atom. The van der Waals surface area contributed by atoms with Crippen molar-refractivity contribution >= 4 is 28.5 Å². The molecule has 0 saturated carbocycles. The lowest BCUT2D eigenvalue weighted by Crippen LogP contribution is -2.39. The zero-order valence-electron chi connectivity index (χ0n) is 13.3. The van der Waals surface area contributed by atoms with Gasteiger partial charge < -0.3 is 0 Å². The molecule has 0 unspecified atom stereocenters. The molecule has 0 aromatic heterocycles. The van der Waals surface area contributed by atoms with Crippen LogP contribution in [-0.2, 0) is 0 Å². The molecular weight excluding hydrogens is 318 g/mol. The minimum absolute atomic E-state index is 0.0985. The molecule has 2 aromatic carbocycles. The van der Waals surface area contributed by atoms with Crippen LogP contribution in [0.2, 0.25) is 0 Å². The van der Waals surface area contributed by atoms with Gasteiger partial charge in [-0.05, 0) is 36.8 Å². The van der Waals surface area contributed by atoms with Crippen LogP contribution in [-0.4, -0.2) is 27.8 Å². The Balaban J connectivity index is 1.96. The fourth-order valence-electron chi connectivity index (χ4n) is 2.58. The molecular formula is C19H17N3OS. The maximum atomic E-state index is 13.0. The van der Waals surface area contributed by atoms with Crippen molar-refractivity contribution in [3.05, 3.63) is 65.7 Å². The summed E-state index contributed by atoms with van der Waals surface area (Å²) in [5.41, 5.74) is 1.85. The summed E-state index contributed by atoms with van der Waals surface area (Å²) >= 11 is 1.60. The Hall–Kier alpha value is -2.58. The molecule has 3 rings (SSSR count). The molecule has 24 heavy (non-hydrogen) atoms. The van der Waals surface area contributed by atoms with Gasteiger partial charge in [0.05, 0.1) is 17.3 Å². The van der Waals surface area contributed by atoms with E-state index in [9.17, 15) is 4.79 Å². The highest BCUT2D eigenvalue weighted by atomic mass is 32.2. The van der Waals surface area contributed by atoms with Crippen LogP contribution in [0.5, 0.6) is 0 Å². The first-order chi connectivity index (χ1) is 11.7. The van der Waals surface area contributed by atoms with Crippen molar-refractivity contribution < 1.29 is 4.79 Å². The van der Waals surface area contributed by atoms with Gasteiger partial charge in [-0.3, -0.25) is 9.69 Å². The Labute approximate surface area is 145 Å². The summed E-state index contributed by atoms with van der Waals surface area (Å²) in [6.07, 6.45) is 0.866. The van der Waals surface area contributed by atoms with Gasteiger partial charge in [0.25, 0.3) is 5.91 Å². The van der Waals surface area contributed by atoms with E-state index in [1.807, 2.05) is 30.3 Å². The Kier molecular flexibility index (Phi) is 4.97. The molecule has 1 heterocycles. The fourth-order valence-corrected chi connectivity index (χ4v) is 3.85. The first kappa shape index (κ1) is 16.3. The van der Waals surface area contributed by atoms with Crippen molar-refractivity contribution in [1.82, 2.24) is 4.90 Å². The van der Waals surface area contributed by atoms with E-state index in [2.05, 4.69) is 18.0 Å². The second-order valence-electron chi connectivity index (χ2n) is 5.47. The zero-order chi connectivity index (χ0) is 16.9. The van der Waals surface area contributed by atoms with Crippen LogP contribution in [0.4, 0.5) is 5.69 Å². The van der Waals surface area contributed by atoms with E-state index in [0.29, 0.717) is 11.1 Å². The monoisotopic (exact) mass is 335 g/mol. The molecule has 4 nitrogen and oxygen atoms in total. The molecule has 2 aromatic rings. The molecule has 1 amide bonds. The number of benzene rings is 2. The molecule has 1 atom stereocenters. The van der Waals surface area contributed by atoms with E-state index in [1.54, 1.807) is 40.9 Å². The van der Waals surface area contributed by atoms with E-state index in [0.717, 1.165) is 23.0 Å². The smallest absolute Gasteiger partial charge is 0.260 e. The highest BCUT2D eigenvalue weighted by molar-refractivity contribution is 8.14. The summed E-state index contributed by atoms with van der Waals surface area (Å²) in [4.78, 5) is 19.4. The van der Waals surface area contributed by atoms with E-state index >= 15 is 0 Å². The topological polar surface area (TPSA) is 56.5 Å². The summed E-state index contributed by atoms with van der Waals surface area (Å²) in [5, 5.41) is 9.77. The van der Waals surface area contributed by atoms with Crippen molar-refractivity contribution in [3.8, 4) is 6.07 Å². The molecule has 0 radical (unpaired) electrons. The SMILES string of the molecule is CC[C@@H]1CSC(=Nc2ccccc2)N1C(=O)c1cccc(C#N)c1. The first-order valence-electron chi connectivity index (χ1n) is 7.83. The van der Waals surface area contributed by atoms with Gasteiger partial charge in [0.1, 0.15) is 0 Å². The van der Waals surface area contributed by atoms with Gasteiger partial charge in [-0.15, -0.1) is 0 Å². The number of carbonyl (C=O) groups is 1. The third-order valence-corrected chi connectivity index (χ3v) is 4.98. The minimum Gasteiger partial charge on any atom is -0.283 e. The molecule has 1 fully saturated rings. The summed E-state index contributed by atoms with van der Waals surface area (Å²) in [5.74, 6) is 0.741. The molecule has 1 aliphatic heterocycles. The number of hydrogen-bond donors (Lipinski definition) is 0. The number of amides is 1. The molecule has 0 aliphatic carbocycles. The number of aliphatic imine (C=N–C) groups is 1. The number of para-hydroxylation sites is 1. The molecule has 120 valence electrons. The van der Waals surface area contributed by atoms with Crippen LogP contribution in [0.15, 0.2) is 59.6 Å². The van der Waals surface area contributed by atoms with Gasteiger partial charge in [-0.1, -0.05) is 43.0 Å². The number of hydrogen-bond acceptors (Lipinski definition) is 4. The quantitative estimate of drug-likeness (QED) is 0.844. The lowest BCUT2D eigenvalue weighted by Gasteiger charge is -2.23. The number of amidine groups is 1. The number of nitrogens with zero attached hydrogens (tertiary/aromatic N) is 3. The lowest BCUT2D eigenvalue weighted by molar-refractivity contribution is 0.0819. The van der Waals surface area contributed by atoms with Crippen LogP contribution in [0.3, 0.4) is 0 Å². The standard InChI is InChI=1S/C19H17N3OS/c1-2-17-13-24-19(21-16-9-4-3-5-10-16)22(17)18(23)15-8-6-7-14(11-15)12-20/h3-11,17H,2,13H2,1H3/t17-/m1/s1. The maximum absolute atomic E-state index is 13.0. The average molecular weight is 335 g/mol. The minimum atomic E-state index is -0.0985. The summed E-state index contributed by atoms with van der Waals surface area (Å²) < 4.78 is 0. The number of nitriles is 1. The van der Waals surface area contributed by atoms with Crippen LogP contribution in [0, 0.1) is 11.3 Å². The van der Waals surface area contributed by atoms with Crippen molar-refractivity contribution in [2.24, 2.45) is 4.99 Å². The van der Waals surface area contributed by atoms with E-state index in [1.165, 1.54) is 0 Å². The Bertz CT molecular complexity index is 811.